The van der Waals surface area contributed by atoms with E-state index in [1.54, 1.807) is 0 Å². The molecule has 1 aromatic rings. The van der Waals surface area contributed by atoms with E-state index in [0.717, 1.165) is 24.5 Å². The molecule has 1 aromatic carbocycles. The van der Waals surface area contributed by atoms with Gasteiger partial charge in [0, 0.05) is 22.2 Å². The molecular weight excluding hydrogens is 287 g/mol. The third-order valence-corrected chi connectivity index (χ3v) is 2.91. The molecular formula is C11H13IN2. The van der Waals surface area contributed by atoms with Crippen LogP contribution in [0.5, 0.6) is 0 Å². The van der Waals surface area contributed by atoms with Gasteiger partial charge in [0.25, 0.3) is 0 Å². The largest absolute Gasteiger partial charge is 0.344 e. The van der Waals surface area contributed by atoms with Crippen molar-refractivity contribution in [2.45, 2.75) is 19.3 Å². The minimum Gasteiger partial charge on any atom is -0.344 e. The zero-order valence-electron chi connectivity index (χ0n) is 7.96. The first-order valence-electron chi connectivity index (χ1n) is 4.90. The molecule has 1 heterocycles. The molecule has 0 unspecified atom stereocenters. The van der Waals surface area contributed by atoms with Crippen molar-refractivity contribution in [2.24, 2.45) is 4.99 Å². The Labute approximate surface area is 98.0 Å². The van der Waals surface area contributed by atoms with Crippen molar-refractivity contribution in [3.63, 3.8) is 0 Å². The number of amidine groups is 1. The van der Waals surface area contributed by atoms with E-state index in [1.165, 1.54) is 16.4 Å². The second kappa shape index (κ2) is 4.77. The van der Waals surface area contributed by atoms with Crippen LogP contribution >= 0.6 is 22.6 Å². The molecule has 74 valence electrons. The summed E-state index contributed by atoms with van der Waals surface area (Å²) in [6, 6.07) is 8.37. The summed E-state index contributed by atoms with van der Waals surface area (Å²) in [6.45, 7) is 0.978. The summed E-state index contributed by atoms with van der Waals surface area (Å²) in [5, 5.41) is 3.37. The van der Waals surface area contributed by atoms with Crippen molar-refractivity contribution in [1.29, 1.82) is 0 Å². The molecule has 14 heavy (non-hydrogen) atoms. The summed E-state index contributed by atoms with van der Waals surface area (Å²) in [5.74, 6) is 1.14. The summed E-state index contributed by atoms with van der Waals surface area (Å²) in [5.41, 5.74) is 1.15. The Balaban J connectivity index is 2.06. The number of rotatable bonds is 1. The van der Waals surface area contributed by atoms with Gasteiger partial charge in [-0.25, -0.2) is 0 Å². The number of nitrogens with one attached hydrogen (secondary N) is 1. The smallest absolute Gasteiger partial charge is 0.101 e. The second-order valence-corrected chi connectivity index (χ2v) is 4.67. The van der Waals surface area contributed by atoms with Crippen molar-refractivity contribution in [3.05, 3.63) is 27.8 Å². The number of hydrogen-bond donors (Lipinski definition) is 1. The number of anilines is 1. The van der Waals surface area contributed by atoms with Crippen LogP contribution in [0.15, 0.2) is 29.3 Å². The lowest BCUT2D eigenvalue weighted by molar-refractivity contribution is 0.737. The topological polar surface area (TPSA) is 24.4 Å². The quantitative estimate of drug-likeness (QED) is 0.791. The number of nitrogens with zero attached hydrogens (tertiary/aromatic N) is 1. The molecule has 1 aliphatic heterocycles. The molecule has 2 rings (SSSR count). The van der Waals surface area contributed by atoms with E-state index in [2.05, 4.69) is 57.2 Å². The van der Waals surface area contributed by atoms with Crippen molar-refractivity contribution in [3.8, 4) is 0 Å². The molecule has 0 bridgehead atoms. The molecule has 0 aromatic heterocycles. The lowest BCUT2D eigenvalue weighted by atomic mass is 10.2. The van der Waals surface area contributed by atoms with E-state index in [9.17, 15) is 0 Å². The molecule has 3 heteroatoms. The second-order valence-electron chi connectivity index (χ2n) is 3.42. The SMILES string of the molecule is Ic1cccc(NC2=NCCCC2)c1. The third kappa shape index (κ3) is 2.70. The van der Waals surface area contributed by atoms with Gasteiger partial charge < -0.3 is 5.32 Å². The van der Waals surface area contributed by atoms with Gasteiger partial charge >= 0.3 is 0 Å². The Morgan fingerprint density at radius 3 is 2.93 bits per heavy atom. The summed E-state index contributed by atoms with van der Waals surface area (Å²) in [7, 11) is 0. The molecule has 0 radical (unpaired) electrons. The maximum absolute atomic E-state index is 4.46. The zero-order chi connectivity index (χ0) is 9.80. The molecule has 1 N–H and O–H groups in total. The van der Waals surface area contributed by atoms with Crippen LogP contribution in [0.1, 0.15) is 19.3 Å². The van der Waals surface area contributed by atoms with Gasteiger partial charge in [0.15, 0.2) is 0 Å². The predicted molar refractivity (Wildman–Crippen MR) is 68.9 cm³/mol. The highest BCUT2D eigenvalue weighted by molar-refractivity contribution is 14.1. The summed E-state index contributed by atoms with van der Waals surface area (Å²) in [6.07, 6.45) is 3.58. The van der Waals surface area contributed by atoms with E-state index >= 15 is 0 Å². The summed E-state index contributed by atoms with van der Waals surface area (Å²) >= 11 is 2.32. The monoisotopic (exact) mass is 300 g/mol. The molecule has 0 amide bonds. The maximum Gasteiger partial charge on any atom is 0.101 e. The fourth-order valence-electron chi connectivity index (χ4n) is 1.53. The predicted octanol–water partition coefficient (Wildman–Crippen LogP) is 3.29. The van der Waals surface area contributed by atoms with Crippen LogP contribution in [0, 0.1) is 3.57 Å². The van der Waals surface area contributed by atoms with Crippen molar-refractivity contribution >= 4 is 34.1 Å². The van der Waals surface area contributed by atoms with Gasteiger partial charge in [0.2, 0.25) is 0 Å². The normalized spacial score (nSPS) is 16.2. The van der Waals surface area contributed by atoms with Crippen LogP contribution in [0.4, 0.5) is 5.69 Å². The van der Waals surface area contributed by atoms with Gasteiger partial charge in [-0.3, -0.25) is 4.99 Å². The Bertz CT molecular complexity index is 347. The fraction of sp³-hybridized carbons (Fsp3) is 0.364. The van der Waals surface area contributed by atoms with Crippen molar-refractivity contribution in [2.75, 3.05) is 11.9 Å². The van der Waals surface area contributed by atoms with Crippen LogP contribution in [0.2, 0.25) is 0 Å². The molecule has 2 nitrogen and oxygen atoms in total. The Hall–Kier alpha value is -0.580. The Morgan fingerprint density at radius 1 is 1.29 bits per heavy atom. The molecule has 0 spiro atoms. The van der Waals surface area contributed by atoms with Gasteiger partial charge in [0.1, 0.15) is 5.84 Å². The van der Waals surface area contributed by atoms with Gasteiger partial charge in [-0.05, 0) is 53.6 Å². The molecule has 0 atom stereocenters. The highest BCUT2D eigenvalue weighted by atomic mass is 127. The van der Waals surface area contributed by atoms with E-state index < -0.39 is 0 Å². The Morgan fingerprint density at radius 2 is 2.21 bits per heavy atom. The van der Waals surface area contributed by atoms with Gasteiger partial charge in [0.05, 0.1) is 0 Å². The van der Waals surface area contributed by atoms with Gasteiger partial charge in [-0.2, -0.15) is 0 Å². The number of hydrogen-bond acceptors (Lipinski definition) is 2. The van der Waals surface area contributed by atoms with Crippen LogP contribution in [0.25, 0.3) is 0 Å². The molecule has 1 aliphatic rings. The number of aliphatic imine (C=N–C) groups is 1. The van der Waals surface area contributed by atoms with Crippen LogP contribution < -0.4 is 5.32 Å². The number of halogens is 1. The van der Waals surface area contributed by atoms with E-state index in [1.807, 2.05) is 0 Å². The lowest BCUT2D eigenvalue weighted by Gasteiger charge is -2.13. The van der Waals surface area contributed by atoms with Crippen LogP contribution in [-0.4, -0.2) is 12.4 Å². The third-order valence-electron chi connectivity index (χ3n) is 2.24. The summed E-state index contributed by atoms with van der Waals surface area (Å²) < 4.78 is 1.25. The lowest BCUT2D eigenvalue weighted by Crippen LogP contribution is -2.15. The summed E-state index contributed by atoms with van der Waals surface area (Å²) in [4.78, 5) is 4.46. The molecule has 0 saturated heterocycles. The first kappa shape index (κ1) is 9.96. The first-order chi connectivity index (χ1) is 6.84. The molecule has 0 fully saturated rings. The molecule has 0 aliphatic carbocycles. The fourth-order valence-corrected chi connectivity index (χ4v) is 2.08. The Kier molecular flexibility index (Phi) is 3.39. The minimum absolute atomic E-state index is 0.978. The average molecular weight is 300 g/mol. The highest BCUT2D eigenvalue weighted by Crippen LogP contribution is 2.14. The number of benzene rings is 1. The van der Waals surface area contributed by atoms with Gasteiger partial charge in [-0.1, -0.05) is 6.07 Å². The molecule has 0 saturated carbocycles. The zero-order valence-corrected chi connectivity index (χ0v) is 10.1. The standard InChI is InChI=1S/C11H13IN2/c12-9-4-3-5-10(8-9)14-11-6-1-2-7-13-11/h3-5,8H,1-2,6-7H2,(H,13,14). The maximum atomic E-state index is 4.46. The highest BCUT2D eigenvalue weighted by Gasteiger charge is 2.04. The first-order valence-corrected chi connectivity index (χ1v) is 5.98. The van der Waals surface area contributed by atoms with Crippen molar-refractivity contribution < 1.29 is 0 Å². The van der Waals surface area contributed by atoms with E-state index in [0.29, 0.717) is 0 Å². The van der Waals surface area contributed by atoms with E-state index in [-0.39, 0.29) is 0 Å². The minimum atomic E-state index is 0.978. The van der Waals surface area contributed by atoms with Crippen LogP contribution in [0.3, 0.4) is 0 Å². The average Bonchev–Trinajstić information content (AvgIpc) is 2.19. The van der Waals surface area contributed by atoms with Gasteiger partial charge in [-0.15, -0.1) is 0 Å². The van der Waals surface area contributed by atoms with Crippen molar-refractivity contribution in [1.82, 2.24) is 0 Å². The van der Waals surface area contributed by atoms with E-state index in [4.69, 9.17) is 0 Å². The van der Waals surface area contributed by atoms with Crippen LogP contribution in [-0.2, 0) is 0 Å².